The second kappa shape index (κ2) is 9.91. The summed E-state index contributed by atoms with van der Waals surface area (Å²) in [6, 6.07) is 17.0. The molecule has 30 heavy (non-hydrogen) atoms. The second-order valence-electron chi connectivity index (χ2n) is 7.24. The summed E-state index contributed by atoms with van der Waals surface area (Å²) < 4.78 is 10.6. The van der Waals surface area contributed by atoms with Crippen LogP contribution in [0.5, 0.6) is 5.75 Å². The topological polar surface area (TPSA) is 84.9 Å². The monoisotopic (exact) mass is 410 g/mol. The van der Waals surface area contributed by atoms with Crippen LogP contribution >= 0.6 is 0 Å². The van der Waals surface area contributed by atoms with E-state index in [4.69, 9.17) is 9.47 Å². The lowest BCUT2D eigenvalue weighted by molar-refractivity contribution is -0.154. The zero-order valence-corrected chi connectivity index (χ0v) is 17.2. The van der Waals surface area contributed by atoms with Crippen LogP contribution in [0.4, 0.5) is 5.69 Å². The number of nitrogens with one attached hydrogen (secondary N) is 1. The number of nitrogens with zero attached hydrogens (tertiary/aromatic N) is 1. The van der Waals surface area contributed by atoms with Crippen LogP contribution in [-0.2, 0) is 19.1 Å². The van der Waals surface area contributed by atoms with Crippen molar-refractivity contribution in [3.63, 3.8) is 0 Å². The summed E-state index contributed by atoms with van der Waals surface area (Å²) in [4.78, 5) is 38.1. The summed E-state index contributed by atoms with van der Waals surface area (Å²) in [5.41, 5.74) is 1.75. The van der Waals surface area contributed by atoms with Crippen molar-refractivity contribution in [2.75, 3.05) is 24.6 Å². The SMILES string of the molecule is C[C@H](OC(=O)CCN1C(=O)COc2ccccc21)C(=O)NC[C@@H](C)c1ccccc1. The molecule has 0 unspecified atom stereocenters. The molecule has 1 heterocycles. The number of para-hydroxylation sites is 2. The average Bonchev–Trinajstić information content (AvgIpc) is 2.77. The van der Waals surface area contributed by atoms with Crippen molar-refractivity contribution in [1.29, 1.82) is 0 Å². The molecule has 0 aromatic heterocycles. The Kier molecular flexibility index (Phi) is 7.06. The quantitative estimate of drug-likeness (QED) is 0.677. The molecule has 0 aliphatic carbocycles. The Labute approximate surface area is 176 Å². The third-order valence-electron chi connectivity index (χ3n) is 4.98. The minimum absolute atomic E-state index is 0.0158. The molecule has 0 fully saturated rings. The van der Waals surface area contributed by atoms with Gasteiger partial charge in [0.2, 0.25) is 0 Å². The van der Waals surface area contributed by atoms with Crippen LogP contribution in [0.25, 0.3) is 0 Å². The van der Waals surface area contributed by atoms with Gasteiger partial charge in [0.25, 0.3) is 11.8 Å². The van der Waals surface area contributed by atoms with Crippen LogP contribution < -0.4 is 15.0 Å². The molecule has 1 N–H and O–H groups in total. The number of carbonyl (C=O) groups is 3. The lowest BCUT2D eigenvalue weighted by Crippen LogP contribution is -2.41. The van der Waals surface area contributed by atoms with Gasteiger partial charge in [-0.25, -0.2) is 0 Å². The second-order valence-corrected chi connectivity index (χ2v) is 7.24. The first kappa shape index (κ1) is 21.4. The predicted octanol–water partition coefficient (Wildman–Crippen LogP) is 2.65. The number of ether oxygens (including phenoxy) is 2. The van der Waals surface area contributed by atoms with Crippen LogP contribution in [-0.4, -0.2) is 43.6 Å². The molecule has 2 aromatic carbocycles. The molecule has 0 bridgehead atoms. The maximum Gasteiger partial charge on any atom is 0.308 e. The fraction of sp³-hybridized carbons (Fsp3) is 0.348. The first-order chi connectivity index (χ1) is 14.5. The van der Waals surface area contributed by atoms with Crippen LogP contribution in [0.15, 0.2) is 54.6 Å². The summed E-state index contributed by atoms with van der Waals surface area (Å²) in [6.07, 6.45) is -0.925. The van der Waals surface area contributed by atoms with E-state index in [0.717, 1.165) is 5.56 Å². The lowest BCUT2D eigenvalue weighted by atomic mass is 10.0. The zero-order valence-electron chi connectivity index (χ0n) is 17.2. The number of hydrogen-bond acceptors (Lipinski definition) is 5. The summed E-state index contributed by atoms with van der Waals surface area (Å²) in [6.45, 7) is 4.10. The Morgan fingerprint density at radius 1 is 1.10 bits per heavy atom. The Morgan fingerprint density at radius 2 is 1.80 bits per heavy atom. The number of amides is 2. The summed E-state index contributed by atoms with van der Waals surface area (Å²) in [7, 11) is 0. The molecule has 1 aliphatic rings. The Bertz CT molecular complexity index is 899. The highest BCUT2D eigenvalue weighted by atomic mass is 16.5. The number of anilines is 1. The van der Waals surface area contributed by atoms with Crippen LogP contribution in [0.2, 0.25) is 0 Å². The third-order valence-corrected chi connectivity index (χ3v) is 4.98. The van der Waals surface area contributed by atoms with Gasteiger partial charge in [-0.3, -0.25) is 14.4 Å². The normalized spacial score (nSPS) is 14.9. The highest BCUT2D eigenvalue weighted by molar-refractivity contribution is 5.98. The van der Waals surface area contributed by atoms with Crippen molar-refractivity contribution >= 4 is 23.5 Å². The van der Waals surface area contributed by atoms with Gasteiger partial charge < -0.3 is 19.7 Å². The number of esters is 1. The molecule has 1 aliphatic heterocycles. The molecule has 0 radical (unpaired) electrons. The van der Waals surface area contributed by atoms with Crippen molar-refractivity contribution < 1.29 is 23.9 Å². The maximum absolute atomic E-state index is 12.3. The number of rotatable bonds is 8. The minimum atomic E-state index is -0.909. The van der Waals surface area contributed by atoms with Gasteiger partial charge in [-0.2, -0.15) is 0 Å². The summed E-state index contributed by atoms with van der Waals surface area (Å²) in [5, 5.41) is 2.81. The van der Waals surface area contributed by atoms with E-state index >= 15 is 0 Å². The fourth-order valence-electron chi connectivity index (χ4n) is 3.21. The number of benzene rings is 2. The molecule has 2 amide bonds. The van der Waals surface area contributed by atoms with E-state index in [1.807, 2.05) is 43.3 Å². The number of carbonyl (C=O) groups excluding carboxylic acids is 3. The first-order valence-corrected chi connectivity index (χ1v) is 10.00. The zero-order chi connectivity index (χ0) is 21.5. The molecule has 158 valence electrons. The third kappa shape index (κ3) is 5.37. The van der Waals surface area contributed by atoms with E-state index in [0.29, 0.717) is 18.0 Å². The molecule has 7 heteroatoms. The van der Waals surface area contributed by atoms with Crippen LogP contribution in [0.1, 0.15) is 31.7 Å². The molecular weight excluding hydrogens is 384 g/mol. The van der Waals surface area contributed by atoms with Crippen molar-refractivity contribution in [1.82, 2.24) is 5.32 Å². The molecule has 7 nitrogen and oxygen atoms in total. The van der Waals surface area contributed by atoms with Gasteiger partial charge in [-0.1, -0.05) is 49.4 Å². The van der Waals surface area contributed by atoms with Gasteiger partial charge in [-0.05, 0) is 30.5 Å². The van der Waals surface area contributed by atoms with E-state index in [2.05, 4.69) is 5.32 Å². The van der Waals surface area contributed by atoms with E-state index in [-0.39, 0.29) is 37.3 Å². The molecule has 0 saturated carbocycles. The fourth-order valence-corrected chi connectivity index (χ4v) is 3.21. The van der Waals surface area contributed by atoms with E-state index in [9.17, 15) is 14.4 Å². The number of hydrogen-bond donors (Lipinski definition) is 1. The van der Waals surface area contributed by atoms with Gasteiger partial charge in [0.1, 0.15) is 5.75 Å². The molecule has 2 atom stereocenters. The van der Waals surface area contributed by atoms with Crippen molar-refractivity contribution in [2.45, 2.75) is 32.3 Å². The van der Waals surface area contributed by atoms with Gasteiger partial charge in [0.05, 0.1) is 12.1 Å². The Hall–Kier alpha value is -3.35. The molecule has 0 spiro atoms. The molecule has 3 rings (SSSR count). The standard InChI is InChI=1S/C23H26N2O5/c1-16(18-8-4-3-5-9-18)14-24-23(28)17(2)30-22(27)12-13-25-19-10-6-7-11-20(19)29-15-21(25)26/h3-11,16-17H,12-15H2,1-2H3,(H,24,28)/t16-,17+/m1/s1. The van der Waals surface area contributed by atoms with Crippen molar-refractivity contribution in [3.05, 3.63) is 60.2 Å². The van der Waals surface area contributed by atoms with Gasteiger partial charge in [0.15, 0.2) is 12.7 Å². The lowest BCUT2D eigenvalue weighted by Gasteiger charge is -2.29. The highest BCUT2D eigenvalue weighted by Gasteiger charge is 2.26. The van der Waals surface area contributed by atoms with Gasteiger partial charge in [-0.15, -0.1) is 0 Å². The van der Waals surface area contributed by atoms with Crippen LogP contribution in [0, 0.1) is 0 Å². The molecule has 2 aromatic rings. The minimum Gasteiger partial charge on any atom is -0.482 e. The smallest absolute Gasteiger partial charge is 0.308 e. The first-order valence-electron chi connectivity index (χ1n) is 10.00. The average molecular weight is 410 g/mol. The van der Waals surface area contributed by atoms with E-state index in [1.54, 1.807) is 18.2 Å². The molecule has 0 saturated heterocycles. The highest BCUT2D eigenvalue weighted by Crippen LogP contribution is 2.31. The Morgan fingerprint density at radius 3 is 2.57 bits per heavy atom. The summed E-state index contributed by atoms with van der Waals surface area (Å²) in [5.74, 6) is -0.358. The summed E-state index contributed by atoms with van der Waals surface area (Å²) >= 11 is 0. The van der Waals surface area contributed by atoms with Gasteiger partial charge >= 0.3 is 5.97 Å². The molecular formula is C23H26N2O5. The Balaban J connectivity index is 1.45. The number of fused-ring (bicyclic) bond motifs is 1. The van der Waals surface area contributed by atoms with E-state index in [1.165, 1.54) is 11.8 Å². The predicted molar refractivity (Wildman–Crippen MR) is 112 cm³/mol. The van der Waals surface area contributed by atoms with Crippen LogP contribution in [0.3, 0.4) is 0 Å². The van der Waals surface area contributed by atoms with E-state index < -0.39 is 12.1 Å². The van der Waals surface area contributed by atoms with Crippen molar-refractivity contribution in [2.24, 2.45) is 0 Å². The largest absolute Gasteiger partial charge is 0.482 e. The van der Waals surface area contributed by atoms with Crippen molar-refractivity contribution in [3.8, 4) is 5.75 Å². The maximum atomic E-state index is 12.3. The van der Waals surface area contributed by atoms with Gasteiger partial charge in [0, 0.05) is 13.1 Å².